The van der Waals surface area contributed by atoms with Crippen LogP contribution in [-0.4, -0.2) is 17.8 Å². The molecular weight excluding hydrogens is 313 g/mol. The molecule has 1 heterocycles. The van der Waals surface area contributed by atoms with E-state index in [0.29, 0.717) is 16.8 Å². The van der Waals surface area contributed by atoms with Gasteiger partial charge in [-0.2, -0.15) is 0 Å². The van der Waals surface area contributed by atoms with E-state index in [9.17, 15) is 18.8 Å². The standard InChI is InChI=1S/C17H14FN3O3/c18-12-3-1-2-10(8-12)9-14(22)19-13-6-4-11(5-7-13)15-16(23)21-17(24)20-15/h1-8,15H,9H2,(H,19,22)(H2,20,21,23,24). The van der Waals surface area contributed by atoms with Crippen LogP contribution in [0.25, 0.3) is 0 Å². The summed E-state index contributed by atoms with van der Waals surface area (Å²) in [5.41, 5.74) is 1.74. The smallest absolute Gasteiger partial charge is 0.322 e. The topological polar surface area (TPSA) is 87.3 Å². The summed E-state index contributed by atoms with van der Waals surface area (Å²) in [6.45, 7) is 0. The molecule has 1 unspecified atom stereocenters. The summed E-state index contributed by atoms with van der Waals surface area (Å²) in [4.78, 5) is 34.7. The highest BCUT2D eigenvalue weighted by molar-refractivity contribution is 6.04. The number of anilines is 1. The van der Waals surface area contributed by atoms with E-state index >= 15 is 0 Å². The third-order valence-electron chi connectivity index (χ3n) is 3.56. The Morgan fingerprint density at radius 3 is 2.50 bits per heavy atom. The second-order valence-electron chi connectivity index (χ2n) is 5.37. The molecule has 0 aliphatic carbocycles. The minimum absolute atomic E-state index is 0.0562. The number of rotatable bonds is 4. The number of carbonyl (C=O) groups excluding carboxylic acids is 3. The van der Waals surface area contributed by atoms with Crippen LogP contribution in [0.3, 0.4) is 0 Å². The molecule has 4 amide bonds. The van der Waals surface area contributed by atoms with Crippen LogP contribution in [0.15, 0.2) is 48.5 Å². The molecule has 2 aromatic rings. The normalized spacial score (nSPS) is 16.5. The average Bonchev–Trinajstić information content (AvgIpc) is 2.86. The van der Waals surface area contributed by atoms with Gasteiger partial charge in [0.1, 0.15) is 11.9 Å². The third-order valence-corrected chi connectivity index (χ3v) is 3.56. The number of urea groups is 1. The first kappa shape index (κ1) is 15.7. The molecule has 1 saturated heterocycles. The Morgan fingerprint density at radius 1 is 1.12 bits per heavy atom. The molecule has 1 aliphatic rings. The first-order chi connectivity index (χ1) is 11.5. The van der Waals surface area contributed by atoms with Gasteiger partial charge in [-0.05, 0) is 35.4 Å². The summed E-state index contributed by atoms with van der Waals surface area (Å²) in [6.07, 6.45) is 0.0562. The van der Waals surface area contributed by atoms with E-state index in [1.165, 1.54) is 12.1 Å². The second kappa shape index (κ2) is 6.49. The molecule has 122 valence electrons. The van der Waals surface area contributed by atoms with Gasteiger partial charge in [0.15, 0.2) is 0 Å². The SMILES string of the molecule is O=C(Cc1cccc(F)c1)Nc1ccc(C2NC(=O)NC2=O)cc1. The number of hydrogen-bond acceptors (Lipinski definition) is 3. The van der Waals surface area contributed by atoms with Gasteiger partial charge in [-0.1, -0.05) is 24.3 Å². The molecule has 1 aliphatic heterocycles. The van der Waals surface area contributed by atoms with E-state index in [1.54, 1.807) is 36.4 Å². The first-order valence-corrected chi connectivity index (χ1v) is 7.27. The summed E-state index contributed by atoms with van der Waals surface area (Å²) in [7, 11) is 0. The van der Waals surface area contributed by atoms with Crippen molar-refractivity contribution in [2.75, 3.05) is 5.32 Å². The van der Waals surface area contributed by atoms with Gasteiger partial charge in [0.05, 0.1) is 6.42 Å². The number of halogens is 1. The van der Waals surface area contributed by atoms with E-state index in [-0.39, 0.29) is 18.1 Å². The van der Waals surface area contributed by atoms with Crippen molar-refractivity contribution in [3.05, 3.63) is 65.5 Å². The zero-order valence-corrected chi connectivity index (χ0v) is 12.5. The van der Waals surface area contributed by atoms with Crippen molar-refractivity contribution in [1.29, 1.82) is 0 Å². The van der Waals surface area contributed by atoms with Gasteiger partial charge in [0, 0.05) is 5.69 Å². The molecule has 0 radical (unpaired) electrons. The molecule has 2 aromatic carbocycles. The number of nitrogens with one attached hydrogen (secondary N) is 3. The van der Waals surface area contributed by atoms with Gasteiger partial charge in [-0.25, -0.2) is 9.18 Å². The fourth-order valence-electron chi connectivity index (χ4n) is 2.45. The van der Waals surface area contributed by atoms with E-state index in [0.717, 1.165) is 0 Å². The molecule has 3 N–H and O–H groups in total. The Bertz CT molecular complexity index is 805. The molecule has 0 spiro atoms. The molecule has 24 heavy (non-hydrogen) atoms. The van der Waals surface area contributed by atoms with Gasteiger partial charge >= 0.3 is 6.03 Å². The van der Waals surface area contributed by atoms with Gasteiger partial charge in [0.2, 0.25) is 5.91 Å². The average molecular weight is 327 g/mol. The van der Waals surface area contributed by atoms with Crippen molar-refractivity contribution >= 4 is 23.5 Å². The van der Waals surface area contributed by atoms with Gasteiger partial charge in [-0.3, -0.25) is 14.9 Å². The molecule has 7 heteroatoms. The largest absolute Gasteiger partial charge is 0.326 e. The van der Waals surface area contributed by atoms with Crippen molar-refractivity contribution in [2.24, 2.45) is 0 Å². The van der Waals surface area contributed by atoms with Crippen LogP contribution in [0.4, 0.5) is 14.9 Å². The summed E-state index contributed by atoms with van der Waals surface area (Å²) in [5, 5.41) is 7.35. The molecular formula is C17H14FN3O3. The lowest BCUT2D eigenvalue weighted by Crippen LogP contribution is -2.22. The van der Waals surface area contributed by atoms with E-state index in [4.69, 9.17) is 0 Å². The second-order valence-corrected chi connectivity index (χ2v) is 5.37. The lowest BCUT2D eigenvalue weighted by atomic mass is 10.1. The van der Waals surface area contributed by atoms with Gasteiger partial charge in [-0.15, -0.1) is 0 Å². The molecule has 0 aromatic heterocycles. The Labute approximate surface area is 137 Å². The zero-order chi connectivity index (χ0) is 17.1. The lowest BCUT2D eigenvalue weighted by Gasteiger charge is -2.10. The maximum atomic E-state index is 13.1. The summed E-state index contributed by atoms with van der Waals surface area (Å²) >= 11 is 0. The summed E-state index contributed by atoms with van der Waals surface area (Å²) < 4.78 is 13.1. The van der Waals surface area contributed by atoms with Crippen molar-refractivity contribution in [3.63, 3.8) is 0 Å². The van der Waals surface area contributed by atoms with Crippen LogP contribution in [0.5, 0.6) is 0 Å². The minimum Gasteiger partial charge on any atom is -0.326 e. The van der Waals surface area contributed by atoms with Crippen LogP contribution in [-0.2, 0) is 16.0 Å². The highest BCUT2D eigenvalue weighted by Crippen LogP contribution is 2.19. The lowest BCUT2D eigenvalue weighted by molar-refractivity contribution is -0.120. The molecule has 1 fully saturated rings. The number of carbonyl (C=O) groups is 3. The van der Waals surface area contributed by atoms with Crippen molar-refractivity contribution in [3.8, 4) is 0 Å². The van der Waals surface area contributed by atoms with Crippen LogP contribution in [0, 0.1) is 5.82 Å². The fraction of sp³-hybridized carbons (Fsp3) is 0.118. The van der Waals surface area contributed by atoms with Crippen LogP contribution in [0.1, 0.15) is 17.2 Å². The number of benzene rings is 2. The van der Waals surface area contributed by atoms with Crippen molar-refractivity contribution in [2.45, 2.75) is 12.5 Å². The Morgan fingerprint density at radius 2 is 1.88 bits per heavy atom. The Kier molecular flexibility index (Phi) is 4.24. The number of hydrogen-bond donors (Lipinski definition) is 3. The van der Waals surface area contributed by atoms with E-state index < -0.39 is 18.0 Å². The van der Waals surface area contributed by atoms with E-state index in [2.05, 4.69) is 16.0 Å². The third kappa shape index (κ3) is 3.57. The summed E-state index contributed by atoms with van der Waals surface area (Å²) in [6, 6.07) is 11.2. The molecule has 6 nitrogen and oxygen atoms in total. The Hall–Kier alpha value is -3.22. The highest BCUT2D eigenvalue weighted by atomic mass is 19.1. The predicted molar refractivity (Wildman–Crippen MR) is 84.6 cm³/mol. The molecule has 0 saturated carbocycles. The number of imide groups is 1. The van der Waals surface area contributed by atoms with Gasteiger partial charge in [0.25, 0.3) is 5.91 Å². The Balaban J connectivity index is 1.63. The zero-order valence-electron chi connectivity index (χ0n) is 12.5. The predicted octanol–water partition coefficient (Wildman–Crippen LogP) is 1.89. The van der Waals surface area contributed by atoms with E-state index in [1.807, 2.05) is 0 Å². The monoisotopic (exact) mass is 327 g/mol. The molecule has 3 rings (SSSR count). The van der Waals surface area contributed by atoms with Gasteiger partial charge < -0.3 is 10.6 Å². The molecule has 0 bridgehead atoms. The van der Waals surface area contributed by atoms with Crippen LogP contribution in [0.2, 0.25) is 0 Å². The first-order valence-electron chi connectivity index (χ1n) is 7.27. The van der Waals surface area contributed by atoms with Crippen molar-refractivity contribution < 1.29 is 18.8 Å². The maximum absolute atomic E-state index is 13.1. The fourth-order valence-corrected chi connectivity index (χ4v) is 2.45. The minimum atomic E-state index is -0.727. The molecule has 1 atom stereocenters. The van der Waals surface area contributed by atoms with Crippen LogP contribution >= 0.6 is 0 Å². The maximum Gasteiger partial charge on any atom is 0.322 e. The van der Waals surface area contributed by atoms with Crippen LogP contribution < -0.4 is 16.0 Å². The summed E-state index contributed by atoms with van der Waals surface area (Å²) in [5.74, 6) is -1.08. The van der Waals surface area contributed by atoms with Crippen molar-refractivity contribution in [1.82, 2.24) is 10.6 Å². The number of amides is 4. The quantitative estimate of drug-likeness (QED) is 0.750. The highest BCUT2D eigenvalue weighted by Gasteiger charge is 2.30.